The predicted octanol–water partition coefficient (Wildman–Crippen LogP) is 1.24. The lowest BCUT2D eigenvalue weighted by Gasteiger charge is -2.10. The van der Waals surface area contributed by atoms with Gasteiger partial charge in [-0.15, -0.1) is 0 Å². The van der Waals surface area contributed by atoms with Gasteiger partial charge in [0.15, 0.2) is 0 Å². The van der Waals surface area contributed by atoms with E-state index in [2.05, 4.69) is 26.0 Å². The third-order valence-electron chi connectivity index (χ3n) is 2.31. The monoisotopic (exact) mass is 372 g/mol. The SMILES string of the molecule is COCCNCCNS(=O)(=O)c1c(F)cc(F)cc1Br. The molecule has 0 fully saturated rings. The van der Waals surface area contributed by atoms with Crippen LogP contribution in [-0.4, -0.2) is 41.8 Å². The first kappa shape index (κ1) is 17.4. The first-order chi connectivity index (χ1) is 9.38. The number of sulfonamides is 1. The van der Waals surface area contributed by atoms with Crippen molar-refractivity contribution in [3.05, 3.63) is 28.2 Å². The number of hydrogen-bond donors (Lipinski definition) is 2. The Bertz CT molecular complexity index is 532. The molecule has 1 aromatic rings. The van der Waals surface area contributed by atoms with Crippen LogP contribution in [0.1, 0.15) is 0 Å². The molecule has 0 unspecified atom stereocenters. The minimum absolute atomic E-state index is 0.0787. The van der Waals surface area contributed by atoms with Crippen LogP contribution in [0, 0.1) is 11.6 Å². The number of methoxy groups -OCH3 is 1. The van der Waals surface area contributed by atoms with Gasteiger partial charge < -0.3 is 10.1 Å². The molecule has 20 heavy (non-hydrogen) atoms. The maximum atomic E-state index is 13.6. The van der Waals surface area contributed by atoms with E-state index in [1.165, 1.54) is 0 Å². The van der Waals surface area contributed by atoms with Crippen LogP contribution in [0.4, 0.5) is 8.78 Å². The first-order valence-electron chi connectivity index (χ1n) is 5.72. The Labute approximate surface area is 124 Å². The highest BCUT2D eigenvalue weighted by Gasteiger charge is 2.23. The van der Waals surface area contributed by atoms with Crippen molar-refractivity contribution in [2.45, 2.75) is 4.90 Å². The fourth-order valence-corrected chi connectivity index (χ4v) is 3.62. The van der Waals surface area contributed by atoms with E-state index < -0.39 is 26.6 Å². The normalized spacial score (nSPS) is 11.8. The molecule has 0 spiro atoms. The van der Waals surface area contributed by atoms with Gasteiger partial charge in [0.05, 0.1) is 6.61 Å². The second-order valence-corrected chi connectivity index (χ2v) is 6.40. The van der Waals surface area contributed by atoms with Gasteiger partial charge in [0, 0.05) is 37.3 Å². The third kappa shape index (κ3) is 5.06. The molecule has 0 amide bonds. The summed E-state index contributed by atoms with van der Waals surface area (Å²) in [6, 6.07) is 1.42. The summed E-state index contributed by atoms with van der Waals surface area (Å²) in [6.07, 6.45) is 0. The van der Waals surface area contributed by atoms with Crippen molar-refractivity contribution in [3.8, 4) is 0 Å². The fraction of sp³-hybridized carbons (Fsp3) is 0.455. The second-order valence-electron chi connectivity index (χ2n) is 3.84. The summed E-state index contributed by atoms with van der Waals surface area (Å²) >= 11 is 2.85. The van der Waals surface area contributed by atoms with Crippen LogP contribution < -0.4 is 10.0 Å². The van der Waals surface area contributed by atoms with Gasteiger partial charge in [-0.2, -0.15) is 0 Å². The molecule has 0 heterocycles. The van der Waals surface area contributed by atoms with Crippen molar-refractivity contribution in [1.29, 1.82) is 0 Å². The van der Waals surface area contributed by atoms with Crippen molar-refractivity contribution in [2.24, 2.45) is 0 Å². The largest absolute Gasteiger partial charge is 0.383 e. The molecule has 114 valence electrons. The lowest BCUT2D eigenvalue weighted by molar-refractivity contribution is 0.199. The minimum atomic E-state index is -4.04. The van der Waals surface area contributed by atoms with Crippen LogP contribution in [0.5, 0.6) is 0 Å². The second kappa shape index (κ2) is 7.99. The molecule has 2 N–H and O–H groups in total. The molecule has 0 aromatic heterocycles. The Morgan fingerprint density at radius 2 is 1.95 bits per heavy atom. The summed E-state index contributed by atoms with van der Waals surface area (Å²) in [5, 5.41) is 2.93. The molecule has 0 aliphatic carbocycles. The Hall–Kier alpha value is -0.610. The van der Waals surface area contributed by atoms with E-state index in [4.69, 9.17) is 4.74 Å². The van der Waals surface area contributed by atoms with Crippen LogP contribution in [0.3, 0.4) is 0 Å². The minimum Gasteiger partial charge on any atom is -0.383 e. The smallest absolute Gasteiger partial charge is 0.244 e. The van der Waals surface area contributed by atoms with Gasteiger partial charge in [0.1, 0.15) is 16.5 Å². The zero-order chi connectivity index (χ0) is 15.2. The van der Waals surface area contributed by atoms with Gasteiger partial charge in [-0.1, -0.05) is 0 Å². The van der Waals surface area contributed by atoms with Gasteiger partial charge in [0.2, 0.25) is 10.0 Å². The highest BCUT2D eigenvalue weighted by Crippen LogP contribution is 2.25. The molecule has 0 atom stereocenters. The van der Waals surface area contributed by atoms with Crippen LogP contribution >= 0.6 is 15.9 Å². The molecule has 1 rings (SSSR count). The summed E-state index contributed by atoms with van der Waals surface area (Å²) in [4.78, 5) is -0.601. The molecule has 0 bridgehead atoms. The number of rotatable bonds is 8. The number of ether oxygens (including phenoxy) is 1. The van der Waals surface area contributed by atoms with Gasteiger partial charge in [-0.25, -0.2) is 21.9 Å². The summed E-state index contributed by atoms with van der Waals surface area (Å²) in [6.45, 7) is 1.52. The van der Waals surface area contributed by atoms with E-state index in [0.29, 0.717) is 25.8 Å². The maximum absolute atomic E-state index is 13.6. The zero-order valence-electron chi connectivity index (χ0n) is 10.8. The maximum Gasteiger partial charge on any atom is 0.244 e. The summed E-state index contributed by atoms with van der Waals surface area (Å²) in [7, 11) is -2.49. The third-order valence-corrected chi connectivity index (χ3v) is 4.73. The van der Waals surface area contributed by atoms with Crippen molar-refractivity contribution in [3.63, 3.8) is 0 Å². The van der Waals surface area contributed by atoms with Gasteiger partial charge >= 0.3 is 0 Å². The highest BCUT2D eigenvalue weighted by molar-refractivity contribution is 9.10. The Morgan fingerprint density at radius 3 is 2.55 bits per heavy atom. The molecule has 0 saturated carbocycles. The van der Waals surface area contributed by atoms with E-state index in [0.717, 1.165) is 6.07 Å². The summed E-state index contributed by atoms with van der Waals surface area (Å²) < 4.78 is 57.2. The number of hydrogen-bond acceptors (Lipinski definition) is 4. The highest BCUT2D eigenvalue weighted by atomic mass is 79.9. The van der Waals surface area contributed by atoms with E-state index >= 15 is 0 Å². The molecule has 0 saturated heterocycles. The fourth-order valence-electron chi connectivity index (χ4n) is 1.43. The van der Waals surface area contributed by atoms with Crippen LogP contribution in [-0.2, 0) is 14.8 Å². The van der Waals surface area contributed by atoms with Gasteiger partial charge in [-0.05, 0) is 22.0 Å². The van der Waals surface area contributed by atoms with E-state index in [1.54, 1.807) is 7.11 Å². The lowest BCUT2D eigenvalue weighted by Crippen LogP contribution is -2.33. The Morgan fingerprint density at radius 1 is 1.25 bits per heavy atom. The lowest BCUT2D eigenvalue weighted by atomic mass is 10.3. The molecule has 9 heteroatoms. The van der Waals surface area contributed by atoms with Gasteiger partial charge in [-0.3, -0.25) is 0 Å². The van der Waals surface area contributed by atoms with Crippen LogP contribution in [0.2, 0.25) is 0 Å². The molecule has 0 aliphatic rings. The summed E-state index contributed by atoms with van der Waals surface area (Å²) in [5.74, 6) is -1.99. The van der Waals surface area contributed by atoms with Crippen LogP contribution in [0.15, 0.2) is 21.5 Å². The van der Waals surface area contributed by atoms with E-state index in [9.17, 15) is 17.2 Å². The average molecular weight is 373 g/mol. The standard InChI is InChI=1S/C11H15BrF2N2O3S/c1-19-5-4-15-2-3-16-20(17,18)11-9(12)6-8(13)7-10(11)14/h6-7,15-16H,2-5H2,1H3. The number of benzene rings is 1. The topological polar surface area (TPSA) is 67.4 Å². The number of halogens is 3. The number of nitrogens with one attached hydrogen (secondary N) is 2. The van der Waals surface area contributed by atoms with Crippen molar-refractivity contribution >= 4 is 26.0 Å². The molecule has 0 radical (unpaired) electrons. The molecular weight excluding hydrogens is 358 g/mol. The predicted molar refractivity (Wildman–Crippen MR) is 74.0 cm³/mol. The van der Waals surface area contributed by atoms with E-state index in [1.807, 2.05) is 0 Å². The quantitative estimate of drug-likeness (QED) is 0.673. The molecule has 5 nitrogen and oxygen atoms in total. The van der Waals surface area contributed by atoms with Crippen molar-refractivity contribution in [1.82, 2.24) is 10.0 Å². The van der Waals surface area contributed by atoms with Gasteiger partial charge in [0.25, 0.3) is 0 Å². The summed E-state index contributed by atoms with van der Waals surface area (Å²) in [5.41, 5.74) is 0. The van der Waals surface area contributed by atoms with Crippen molar-refractivity contribution < 1.29 is 21.9 Å². The van der Waals surface area contributed by atoms with E-state index in [-0.39, 0.29) is 11.0 Å². The van der Waals surface area contributed by atoms with Crippen LogP contribution in [0.25, 0.3) is 0 Å². The molecule has 1 aromatic carbocycles. The molecule has 0 aliphatic heterocycles. The molecular formula is C11H15BrF2N2O3S. The first-order valence-corrected chi connectivity index (χ1v) is 8.00. The Kier molecular flexibility index (Phi) is 6.96. The average Bonchev–Trinajstić information content (AvgIpc) is 2.31. The van der Waals surface area contributed by atoms with Crippen molar-refractivity contribution in [2.75, 3.05) is 33.4 Å². The Balaban J connectivity index is 2.66. The zero-order valence-corrected chi connectivity index (χ0v) is 13.2.